The predicted octanol–water partition coefficient (Wildman–Crippen LogP) is 3.20. The number of thiazole rings is 1. The number of nitrogens with zero attached hydrogens (tertiary/aromatic N) is 3. The number of hydrogen-bond acceptors (Lipinski definition) is 4. The van der Waals surface area contributed by atoms with E-state index in [4.69, 9.17) is 9.72 Å². The molecule has 3 aromatic rings. The fourth-order valence-corrected chi connectivity index (χ4v) is 3.69. The normalized spacial score (nSPS) is 18.9. The third kappa shape index (κ3) is 1.85. The van der Waals surface area contributed by atoms with Gasteiger partial charge in [0.1, 0.15) is 5.01 Å². The number of hydrogen-bond donors (Lipinski definition) is 0. The highest BCUT2D eigenvalue weighted by molar-refractivity contribution is 7.13. The number of pyridine rings is 1. The molecule has 4 nitrogen and oxygen atoms in total. The van der Waals surface area contributed by atoms with E-state index in [9.17, 15) is 0 Å². The lowest BCUT2D eigenvalue weighted by Crippen LogP contribution is -1.97. The number of aromatic nitrogens is 3. The lowest BCUT2D eigenvalue weighted by molar-refractivity contribution is 0.193. The summed E-state index contributed by atoms with van der Waals surface area (Å²) in [5, 5.41) is 4.48. The van der Waals surface area contributed by atoms with Crippen molar-refractivity contribution < 1.29 is 4.74 Å². The van der Waals surface area contributed by atoms with Crippen molar-refractivity contribution in [1.29, 1.82) is 0 Å². The predicted molar refractivity (Wildman–Crippen MR) is 80.0 cm³/mol. The summed E-state index contributed by atoms with van der Waals surface area (Å²) in [5.41, 5.74) is 3.51. The molecule has 1 unspecified atom stereocenters. The standard InChI is InChI=1S/C15H15N3OS/c1-18-7-12(11-2-4-16-6-14(11)18)15-17-13(9-20-15)10-3-5-19-8-10/h2,4,6-7,9-10H,3,5,8H2,1H3. The zero-order chi connectivity index (χ0) is 13.5. The van der Waals surface area contributed by atoms with E-state index in [1.165, 1.54) is 16.6 Å². The van der Waals surface area contributed by atoms with Crippen LogP contribution in [-0.2, 0) is 11.8 Å². The highest BCUT2D eigenvalue weighted by Crippen LogP contribution is 2.34. The summed E-state index contributed by atoms with van der Waals surface area (Å²) in [6.07, 6.45) is 6.96. The van der Waals surface area contributed by atoms with Gasteiger partial charge in [-0.25, -0.2) is 4.98 Å². The van der Waals surface area contributed by atoms with Crippen LogP contribution in [-0.4, -0.2) is 27.7 Å². The lowest BCUT2D eigenvalue weighted by atomic mass is 10.1. The second-order valence-electron chi connectivity index (χ2n) is 5.18. The minimum Gasteiger partial charge on any atom is -0.381 e. The van der Waals surface area contributed by atoms with Gasteiger partial charge in [0.05, 0.1) is 24.0 Å². The maximum Gasteiger partial charge on any atom is 0.125 e. The van der Waals surface area contributed by atoms with Crippen LogP contribution in [0.3, 0.4) is 0 Å². The minimum atomic E-state index is 0.469. The molecule has 0 spiro atoms. The largest absolute Gasteiger partial charge is 0.381 e. The molecule has 3 aromatic heterocycles. The second kappa shape index (κ2) is 4.68. The summed E-state index contributed by atoms with van der Waals surface area (Å²) < 4.78 is 7.56. The van der Waals surface area contributed by atoms with Gasteiger partial charge in [-0.05, 0) is 12.5 Å². The van der Waals surface area contributed by atoms with Gasteiger partial charge in [-0.3, -0.25) is 4.98 Å². The van der Waals surface area contributed by atoms with Crippen LogP contribution in [0.2, 0.25) is 0 Å². The molecule has 0 aromatic carbocycles. The fraction of sp³-hybridized carbons (Fsp3) is 0.333. The van der Waals surface area contributed by atoms with E-state index in [-0.39, 0.29) is 0 Å². The summed E-state index contributed by atoms with van der Waals surface area (Å²) in [6, 6.07) is 2.06. The average Bonchev–Trinajstić information content (AvgIpc) is 3.17. The van der Waals surface area contributed by atoms with E-state index in [0.717, 1.165) is 30.2 Å². The van der Waals surface area contributed by atoms with Crippen LogP contribution in [0.25, 0.3) is 21.5 Å². The topological polar surface area (TPSA) is 39.9 Å². The van der Waals surface area contributed by atoms with E-state index in [2.05, 4.69) is 27.2 Å². The van der Waals surface area contributed by atoms with Crippen LogP contribution in [0.15, 0.2) is 30.0 Å². The van der Waals surface area contributed by atoms with E-state index >= 15 is 0 Å². The van der Waals surface area contributed by atoms with Crippen LogP contribution >= 0.6 is 11.3 Å². The van der Waals surface area contributed by atoms with Crippen LogP contribution in [0.4, 0.5) is 0 Å². The molecular weight excluding hydrogens is 270 g/mol. The molecule has 20 heavy (non-hydrogen) atoms. The molecule has 0 aliphatic carbocycles. The van der Waals surface area contributed by atoms with Crippen molar-refractivity contribution in [2.24, 2.45) is 7.05 Å². The van der Waals surface area contributed by atoms with E-state index in [0.29, 0.717) is 5.92 Å². The Balaban J connectivity index is 1.79. The molecule has 1 atom stereocenters. The maximum absolute atomic E-state index is 5.45. The minimum absolute atomic E-state index is 0.469. The fourth-order valence-electron chi connectivity index (χ4n) is 2.76. The molecule has 0 saturated carbocycles. The van der Waals surface area contributed by atoms with Crippen molar-refractivity contribution in [3.05, 3.63) is 35.7 Å². The molecular formula is C15H15N3OS. The summed E-state index contributed by atoms with van der Waals surface area (Å²) in [4.78, 5) is 9.03. The molecule has 1 fully saturated rings. The Hall–Kier alpha value is -1.72. The monoisotopic (exact) mass is 285 g/mol. The summed E-state index contributed by atoms with van der Waals surface area (Å²) in [5.74, 6) is 0.469. The van der Waals surface area contributed by atoms with Gasteiger partial charge >= 0.3 is 0 Å². The Morgan fingerprint density at radius 3 is 3.25 bits per heavy atom. The Morgan fingerprint density at radius 2 is 2.40 bits per heavy atom. The number of rotatable bonds is 2. The van der Waals surface area contributed by atoms with Crippen molar-refractivity contribution in [3.8, 4) is 10.6 Å². The van der Waals surface area contributed by atoms with Gasteiger partial charge in [0, 0.05) is 48.3 Å². The molecule has 5 heteroatoms. The Morgan fingerprint density at radius 1 is 1.45 bits per heavy atom. The third-order valence-corrected chi connectivity index (χ3v) is 4.79. The van der Waals surface area contributed by atoms with E-state index < -0.39 is 0 Å². The maximum atomic E-state index is 5.45. The second-order valence-corrected chi connectivity index (χ2v) is 6.04. The smallest absolute Gasteiger partial charge is 0.125 e. The van der Waals surface area contributed by atoms with Gasteiger partial charge in [0.25, 0.3) is 0 Å². The van der Waals surface area contributed by atoms with E-state index in [1.807, 2.05) is 19.4 Å². The highest BCUT2D eigenvalue weighted by Gasteiger charge is 2.21. The first-order valence-corrected chi connectivity index (χ1v) is 7.63. The first-order valence-electron chi connectivity index (χ1n) is 6.75. The zero-order valence-electron chi connectivity index (χ0n) is 11.2. The van der Waals surface area contributed by atoms with Crippen LogP contribution in [0.1, 0.15) is 18.0 Å². The highest BCUT2D eigenvalue weighted by atomic mass is 32.1. The average molecular weight is 285 g/mol. The van der Waals surface area contributed by atoms with Gasteiger partial charge < -0.3 is 9.30 Å². The molecule has 1 aliphatic heterocycles. The van der Waals surface area contributed by atoms with Crippen LogP contribution in [0, 0.1) is 0 Å². The van der Waals surface area contributed by atoms with Gasteiger partial charge in [-0.1, -0.05) is 0 Å². The summed E-state index contributed by atoms with van der Waals surface area (Å²) in [6.45, 7) is 1.67. The van der Waals surface area contributed by atoms with Gasteiger partial charge in [-0.15, -0.1) is 11.3 Å². The van der Waals surface area contributed by atoms with Crippen LogP contribution < -0.4 is 0 Å². The van der Waals surface area contributed by atoms with Gasteiger partial charge in [-0.2, -0.15) is 0 Å². The SMILES string of the molecule is Cn1cc(-c2nc(C3CCOC3)cs2)c2ccncc21. The molecule has 0 amide bonds. The molecule has 1 saturated heterocycles. The third-order valence-electron chi connectivity index (χ3n) is 3.89. The van der Waals surface area contributed by atoms with Crippen molar-refractivity contribution >= 4 is 22.2 Å². The van der Waals surface area contributed by atoms with Crippen molar-refractivity contribution in [2.75, 3.05) is 13.2 Å². The summed E-state index contributed by atoms with van der Waals surface area (Å²) >= 11 is 1.72. The van der Waals surface area contributed by atoms with Crippen molar-refractivity contribution in [3.63, 3.8) is 0 Å². The molecule has 0 N–H and O–H groups in total. The number of aryl methyl sites for hydroxylation is 1. The molecule has 4 rings (SSSR count). The Bertz CT molecular complexity index is 755. The van der Waals surface area contributed by atoms with Gasteiger partial charge in [0.2, 0.25) is 0 Å². The van der Waals surface area contributed by atoms with Crippen molar-refractivity contribution in [1.82, 2.24) is 14.5 Å². The molecule has 4 heterocycles. The number of fused-ring (bicyclic) bond motifs is 1. The molecule has 102 valence electrons. The first kappa shape index (κ1) is 12.1. The lowest BCUT2D eigenvalue weighted by Gasteiger charge is -2.01. The first-order chi connectivity index (χ1) is 9.83. The number of ether oxygens (including phenoxy) is 1. The Kier molecular flexibility index (Phi) is 2.82. The van der Waals surface area contributed by atoms with Crippen molar-refractivity contribution in [2.45, 2.75) is 12.3 Å². The molecule has 0 bridgehead atoms. The van der Waals surface area contributed by atoms with Gasteiger partial charge in [0.15, 0.2) is 0 Å². The molecule has 1 aliphatic rings. The zero-order valence-corrected chi connectivity index (χ0v) is 12.1. The quantitative estimate of drug-likeness (QED) is 0.726. The Labute approximate surface area is 121 Å². The molecule has 0 radical (unpaired) electrons. The summed E-state index contributed by atoms with van der Waals surface area (Å²) in [7, 11) is 2.05. The van der Waals surface area contributed by atoms with Crippen LogP contribution in [0.5, 0.6) is 0 Å². The van der Waals surface area contributed by atoms with E-state index in [1.54, 1.807) is 11.3 Å².